The SMILES string of the molecule is O=C(N[C@H]1CC[C@H](n2cnnc2)CC1)c1[nH]cnc1-c1ccccc1. The maximum Gasteiger partial charge on any atom is 0.270 e. The van der Waals surface area contributed by atoms with Crippen LogP contribution in [0.5, 0.6) is 0 Å². The molecule has 3 aromatic rings. The average molecular weight is 336 g/mol. The zero-order chi connectivity index (χ0) is 17.1. The van der Waals surface area contributed by atoms with Crippen LogP contribution < -0.4 is 5.32 Å². The van der Waals surface area contributed by atoms with Gasteiger partial charge in [-0.15, -0.1) is 10.2 Å². The second-order valence-electron chi connectivity index (χ2n) is 6.38. The van der Waals surface area contributed by atoms with Crippen molar-refractivity contribution in [1.29, 1.82) is 0 Å². The Morgan fingerprint density at radius 2 is 1.80 bits per heavy atom. The van der Waals surface area contributed by atoms with Crippen LogP contribution in [-0.4, -0.2) is 36.7 Å². The number of aromatic amines is 1. The van der Waals surface area contributed by atoms with E-state index in [2.05, 4.69) is 30.0 Å². The summed E-state index contributed by atoms with van der Waals surface area (Å²) in [5.74, 6) is -0.0934. The lowest BCUT2D eigenvalue weighted by Crippen LogP contribution is -2.38. The van der Waals surface area contributed by atoms with Crippen molar-refractivity contribution in [3.05, 3.63) is 55.0 Å². The van der Waals surface area contributed by atoms with Crippen LogP contribution in [0.3, 0.4) is 0 Å². The van der Waals surface area contributed by atoms with E-state index in [0.29, 0.717) is 17.4 Å². The van der Waals surface area contributed by atoms with Crippen molar-refractivity contribution in [2.45, 2.75) is 37.8 Å². The van der Waals surface area contributed by atoms with Gasteiger partial charge in [-0.2, -0.15) is 0 Å². The number of amides is 1. The third kappa shape index (κ3) is 3.31. The smallest absolute Gasteiger partial charge is 0.270 e. The Morgan fingerprint density at radius 1 is 1.08 bits per heavy atom. The molecule has 1 aliphatic rings. The molecule has 0 unspecified atom stereocenters. The quantitative estimate of drug-likeness (QED) is 0.766. The Labute approximate surface area is 145 Å². The highest BCUT2D eigenvalue weighted by Gasteiger charge is 2.25. The molecule has 1 aliphatic carbocycles. The standard InChI is InChI=1S/C18H20N6O/c25-18(17-16(19-10-20-17)13-4-2-1-3-5-13)23-14-6-8-15(9-7-14)24-11-21-22-12-24/h1-5,10-12,14-15H,6-9H2,(H,19,20)(H,23,25)/t14-,15-. The van der Waals surface area contributed by atoms with Gasteiger partial charge in [0.05, 0.1) is 6.33 Å². The monoisotopic (exact) mass is 336 g/mol. The van der Waals surface area contributed by atoms with Crippen molar-refractivity contribution < 1.29 is 4.79 Å². The van der Waals surface area contributed by atoms with Gasteiger partial charge in [-0.05, 0) is 25.7 Å². The predicted molar refractivity (Wildman–Crippen MR) is 92.8 cm³/mol. The molecule has 4 rings (SSSR count). The summed E-state index contributed by atoms with van der Waals surface area (Å²) in [5.41, 5.74) is 2.15. The molecule has 2 heterocycles. The number of hydrogen-bond donors (Lipinski definition) is 2. The minimum Gasteiger partial charge on any atom is -0.348 e. The third-order valence-corrected chi connectivity index (χ3v) is 4.80. The minimum absolute atomic E-state index is 0.0934. The van der Waals surface area contributed by atoms with Gasteiger partial charge in [-0.3, -0.25) is 4.79 Å². The van der Waals surface area contributed by atoms with Gasteiger partial charge in [-0.25, -0.2) is 4.98 Å². The van der Waals surface area contributed by atoms with Crippen LogP contribution >= 0.6 is 0 Å². The first kappa shape index (κ1) is 15.6. The number of nitrogens with zero attached hydrogens (tertiary/aromatic N) is 4. The fourth-order valence-corrected chi connectivity index (χ4v) is 3.46. The first-order valence-corrected chi connectivity index (χ1v) is 8.55. The number of aromatic nitrogens is 5. The lowest BCUT2D eigenvalue weighted by atomic mass is 9.91. The fourth-order valence-electron chi connectivity index (χ4n) is 3.46. The van der Waals surface area contributed by atoms with Crippen molar-refractivity contribution in [2.75, 3.05) is 0 Å². The average Bonchev–Trinajstić information content (AvgIpc) is 3.35. The van der Waals surface area contributed by atoms with Crippen molar-refractivity contribution in [2.24, 2.45) is 0 Å². The van der Waals surface area contributed by atoms with E-state index in [4.69, 9.17) is 0 Å². The van der Waals surface area contributed by atoms with Crippen molar-refractivity contribution in [3.63, 3.8) is 0 Å². The first-order chi connectivity index (χ1) is 12.3. The Morgan fingerprint density at radius 3 is 2.52 bits per heavy atom. The van der Waals surface area contributed by atoms with Crippen LogP contribution in [0.25, 0.3) is 11.3 Å². The molecule has 0 radical (unpaired) electrons. The molecule has 0 spiro atoms. The molecule has 7 heteroatoms. The maximum absolute atomic E-state index is 12.7. The highest BCUT2D eigenvalue weighted by molar-refractivity contribution is 5.98. The molecule has 1 fully saturated rings. The number of carbonyl (C=O) groups excluding carboxylic acids is 1. The summed E-state index contributed by atoms with van der Waals surface area (Å²) in [6.45, 7) is 0. The van der Waals surface area contributed by atoms with Gasteiger partial charge in [0.1, 0.15) is 24.0 Å². The van der Waals surface area contributed by atoms with Crippen LogP contribution in [0, 0.1) is 0 Å². The van der Waals surface area contributed by atoms with Crippen molar-refractivity contribution in [3.8, 4) is 11.3 Å². The van der Waals surface area contributed by atoms with E-state index >= 15 is 0 Å². The summed E-state index contributed by atoms with van der Waals surface area (Å²) in [4.78, 5) is 20.0. The van der Waals surface area contributed by atoms with E-state index in [1.807, 2.05) is 30.3 Å². The number of benzene rings is 1. The molecule has 0 atom stereocenters. The Kier molecular flexibility index (Phi) is 4.28. The highest BCUT2D eigenvalue weighted by atomic mass is 16.2. The topological polar surface area (TPSA) is 88.5 Å². The minimum atomic E-state index is -0.0934. The van der Waals surface area contributed by atoms with Crippen molar-refractivity contribution in [1.82, 2.24) is 30.0 Å². The van der Waals surface area contributed by atoms with E-state index in [9.17, 15) is 4.79 Å². The van der Waals surface area contributed by atoms with Crippen molar-refractivity contribution >= 4 is 5.91 Å². The zero-order valence-electron chi connectivity index (χ0n) is 13.8. The van der Waals surface area contributed by atoms with Crippen LogP contribution in [0.4, 0.5) is 0 Å². The van der Waals surface area contributed by atoms with Crippen LogP contribution in [0.15, 0.2) is 49.3 Å². The van der Waals surface area contributed by atoms with Gasteiger partial charge in [0.25, 0.3) is 5.91 Å². The first-order valence-electron chi connectivity index (χ1n) is 8.55. The summed E-state index contributed by atoms with van der Waals surface area (Å²) in [5, 5.41) is 10.9. The molecular formula is C18H20N6O. The highest BCUT2D eigenvalue weighted by Crippen LogP contribution is 2.28. The molecule has 1 saturated carbocycles. The maximum atomic E-state index is 12.7. The molecule has 0 bridgehead atoms. The molecule has 0 saturated heterocycles. The summed E-state index contributed by atoms with van der Waals surface area (Å²) < 4.78 is 2.06. The van der Waals surface area contributed by atoms with Gasteiger partial charge in [0.2, 0.25) is 0 Å². The lowest BCUT2D eigenvalue weighted by Gasteiger charge is -2.29. The van der Waals surface area contributed by atoms with E-state index in [1.165, 1.54) is 0 Å². The fraction of sp³-hybridized carbons (Fsp3) is 0.333. The summed E-state index contributed by atoms with van der Waals surface area (Å²) in [7, 11) is 0. The van der Waals surface area contributed by atoms with Gasteiger partial charge in [0, 0.05) is 17.6 Å². The van der Waals surface area contributed by atoms with Crippen LogP contribution in [-0.2, 0) is 0 Å². The Bertz CT molecular complexity index is 818. The summed E-state index contributed by atoms with van der Waals surface area (Å²) >= 11 is 0. The number of imidazole rings is 1. The van der Waals surface area contributed by atoms with Gasteiger partial charge in [0.15, 0.2) is 0 Å². The van der Waals surface area contributed by atoms with E-state index < -0.39 is 0 Å². The van der Waals surface area contributed by atoms with Crippen LogP contribution in [0.2, 0.25) is 0 Å². The Balaban J connectivity index is 1.40. The second kappa shape index (κ2) is 6.88. The largest absolute Gasteiger partial charge is 0.348 e. The van der Waals surface area contributed by atoms with E-state index in [-0.39, 0.29) is 11.9 Å². The molecule has 1 amide bonds. The molecular weight excluding hydrogens is 316 g/mol. The lowest BCUT2D eigenvalue weighted by molar-refractivity contribution is 0.0918. The van der Waals surface area contributed by atoms with E-state index in [1.54, 1.807) is 19.0 Å². The van der Waals surface area contributed by atoms with E-state index in [0.717, 1.165) is 31.2 Å². The number of H-pyrrole nitrogens is 1. The van der Waals surface area contributed by atoms with Gasteiger partial charge >= 0.3 is 0 Å². The van der Waals surface area contributed by atoms with Crippen LogP contribution in [0.1, 0.15) is 42.2 Å². The molecule has 7 nitrogen and oxygen atoms in total. The Hall–Kier alpha value is -2.96. The summed E-state index contributed by atoms with van der Waals surface area (Å²) in [6.07, 6.45) is 9.02. The molecule has 2 aromatic heterocycles. The van der Waals surface area contributed by atoms with Gasteiger partial charge in [-0.1, -0.05) is 30.3 Å². The third-order valence-electron chi connectivity index (χ3n) is 4.80. The molecule has 1 aromatic carbocycles. The second-order valence-corrected chi connectivity index (χ2v) is 6.38. The number of hydrogen-bond acceptors (Lipinski definition) is 4. The number of nitrogens with one attached hydrogen (secondary N) is 2. The predicted octanol–water partition coefficient (Wildman–Crippen LogP) is 2.58. The number of carbonyl (C=O) groups is 1. The molecule has 25 heavy (non-hydrogen) atoms. The van der Waals surface area contributed by atoms with Gasteiger partial charge < -0.3 is 14.9 Å². The zero-order valence-corrected chi connectivity index (χ0v) is 13.8. The molecule has 0 aliphatic heterocycles. The molecule has 128 valence electrons. The summed E-state index contributed by atoms with van der Waals surface area (Å²) in [6, 6.07) is 10.4. The number of rotatable bonds is 4. The normalized spacial score (nSPS) is 20.3. The molecule has 2 N–H and O–H groups in total.